The third-order valence-corrected chi connectivity index (χ3v) is 0.753. The van der Waals surface area contributed by atoms with Crippen molar-refractivity contribution in [3.8, 4) is 5.88 Å². The maximum Gasteiger partial charge on any atom is 0.250 e. The minimum atomic E-state index is -0.287. The van der Waals surface area contributed by atoms with Crippen LogP contribution in [0.4, 0.5) is 0 Å². The molecular formula is C9H17NO2. The summed E-state index contributed by atoms with van der Waals surface area (Å²) in [5.41, 5.74) is -0.287. The summed E-state index contributed by atoms with van der Waals surface area (Å²) in [7, 11) is 0. The average molecular weight is 171 g/mol. The van der Waals surface area contributed by atoms with Gasteiger partial charge in [-0.05, 0) is 6.07 Å². The molecule has 3 heteroatoms. The van der Waals surface area contributed by atoms with Crippen molar-refractivity contribution in [1.29, 1.82) is 0 Å². The Morgan fingerprint density at radius 1 is 1.17 bits per heavy atom. The van der Waals surface area contributed by atoms with E-state index >= 15 is 0 Å². The normalized spacial score (nSPS) is 7.00. The first-order valence-electron chi connectivity index (χ1n) is 4.17. The van der Waals surface area contributed by atoms with Crippen LogP contribution >= 0.6 is 0 Å². The molecule has 0 aromatic carbocycles. The smallest absolute Gasteiger partial charge is 0.250 e. The number of H-pyrrole nitrogens is 1. The van der Waals surface area contributed by atoms with E-state index in [0.29, 0.717) is 0 Å². The van der Waals surface area contributed by atoms with E-state index < -0.39 is 0 Å². The van der Waals surface area contributed by atoms with Crippen LogP contribution in [0.25, 0.3) is 0 Å². The standard InChI is InChI=1S/C5H5NO2.2C2H6/c7-4-2-1-3-5(8)6-4;2*1-2/h1-3H,(H2,6,7,8);2*1-2H3. The second-order valence-electron chi connectivity index (χ2n) is 1.40. The quantitative estimate of drug-likeness (QED) is 0.628. The Kier molecular flexibility index (Phi) is 10.8. The summed E-state index contributed by atoms with van der Waals surface area (Å²) in [6, 6.07) is 4.22. The fraction of sp³-hybridized carbons (Fsp3) is 0.444. The van der Waals surface area contributed by atoms with Gasteiger partial charge in [-0.15, -0.1) is 0 Å². The monoisotopic (exact) mass is 171 g/mol. The van der Waals surface area contributed by atoms with Crippen LogP contribution in [0.1, 0.15) is 27.7 Å². The molecule has 0 atom stereocenters. The lowest BCUT2D eigenvalue weighted by Crippen LogP contribution is -2.00. The lowest BCUT2D eigenvalue weighted by atomic mass is 10.5. The maximum atomic E-state index is 10.3. The number of hydrogen-bond acceptors (Lipinski definition) is 2. The Morgan fingerprint density at radius 3 is 1.92 bits per heavy atom. The van der Waals surface area contributed by atoms with E-state index in [9.17, 15) is 4.79 Å². The van der Waals surface area contributed by atoms with Gasteiger partial charge in [0.05, 0.1) is 0 Å². The summed E-state index contributed by atoms with van der Waals surface area (Å²) in [6.07, 6.45) is 0. The van der Waals surface area contributed by atoms with Crippen molar-refractivity contribution in [3.63, 3.8) is 0 Å². The molecule has 0 aliphatic carbocycles. The number of aromatic nitrogens is 1. The molecule has 3 nitrogen and oxygen atoms in total. The van der Waals surface area contributed by atoms with E-state index in [1.807, 2.05) is 27.7 Å². The lowest BCUT2D eigenvalue weighted by molar-refractivity contribution is 0.452. The molecule has 0 amide bonds. The van der Waals surface area contributed by atoms with Gasteiger partial charge in [0, 0.05) is 6.07 Å². The molecule has 1 rings (SSSR count). The minimum Gasteiger partial charge on any atom is -0.495 e. The molecule has 0 saturated carbocycles. The van der Waals surface area contributed by atoms with Gasteiger partial charge in [0.15, 0.2) is 5.88 Å². The Hall–Kier alpha value is -1.25. The Balaban J connectivity index is 0. The molecule has 0 fully saturated rings. The highest BCUT2D eigenvalue weighted by atomic mass is 16.3. The lowest BCUT2D eigenvalue weighted by Gasteiger charge is -1.84. The summed E-state index contributed by atoms with van der Waals surface area (Å²) in [4.78, 5) is 12.4. The van der Waals surface area contributed by atoms with Gasteiger partial charge in [-0.3, -0.25) is 9.78 Å². The molecular weight excluding hydrogens is 154 g/mol. The summed E-state index contributed by atoms with van der Waals surface area (Å²) < 4.78 is 0. The number of nitrogens with one attached hydrogen (secondary N) is 1. The maximum absolute atomic E-state index is 10.3. The summed E-state index contributed by atoms with van der Waals surface area (Å²) in [6.45, 7) is 8.00. The third-order valence-electron chi connectivity index (χ3n) is 0.753. The highest BCUT2D eigenvalue weighted by molar-refractivity contribution is 5.06. The fourth-order valence-corrected chi connectivity index (χ4v) is 0.436. The second kappa shape index (κ2) is 9.75. The molecule has 2 N–H and O–H groups in total. The van der Waals surface area contributed by atoms with Crippen molar-refractivity contribution in [3.05, 3.63) is 28.6 Å². The van der Waals surface area contributed by atoms with Crippen molar-refractivity contribution in [2.75, 3.05) is 0 Å². The fourth-order valence-electron chi connectivity index (χ4n) is 0.436. The van der Waals surface area contributed by atoms with Crippen LogP contribution in [-0.4, -0.2) is 10.1 Å². The van der Waals surface area contributed by atoms with E-state index in [2.05, 4.69) is 4.98 Å². The van der Waals surface area contributed by atoms with Gasteiger partial charge in [-0.2, -0.15) is 0 Å². The molecule has 0 bridgehead atoms. The van der Waals surface area contributed by atoms with Crippen LogP contribution in [0.3, 0.4) is 0 Å². The molecule has 0 aliphatic heterocycles. The van der Waals surface area contributed by atoms with E-state index in [1.165, 1.54) is 18.2 Å². The van der Waals surface area contributed by atoms with Crippen LogP contribution in [0.15, 0.2) is 23.0 Å². The molecule has 0 spiro atoms. The van der Waals surface area contributed by atoms with E-state index in [4.69, 9.17) is 5.11 Å². The predicted octanol–water partition coefficient (Wildman–Crippen LogP) is 2.13. The van der Waals surface area contributed by atoms with Crippen molar-refractivity contribution < 1.29 is 5.11 Å². The summed E-state index contributed by atoms with van der Waals surface area (Å²) in [5.74, 6) is -0.0995. The molecule has 1 heterocycles. The van der Waals surface area contributed by atoms with Gasteiger partial charge in [0.2, 0.25) is 0 Å². The van der Waals surface area contributed by atoms with Crippen molar-refractivity contribution in [2.24, 2.45) is 0 Å². The van der Waals surface area contributed by atoms with Gasteiger partial charge in [-0.25, -0.2) is 0 Å². The Bertz CT molecular complexity index is 230. The highest BCUT2D eigenvalue weighted by Crippen LogP contribution is 1.93. The van der Waals surface area contributed by atoms with Crippen molar-refractivity contribution in [1.82, 2.24) is 4.98 Å². The number of aromatic amines is 1. The van der Waals surface area contributed by atoms with Gasteiger partial charge in [-0.1, -0.05) is 33.8 Å². The van der Waals surface area contributed by atoms with Crippen LogP contribution in [0, 0.1) is 0 Å². The Labute approximate surface area is 73.1 Å². The van der Waals surface area contributed by atoms with Gasteiger partial charge >= 0.3 is 0 Å². The Morgan fingerprint density at radius 2 is 1.67 bits per heavy atom. The number of pyridine rings is 1. The molecule has 0 aliphatic rings. The van der Waals surface area contributed by atoms with E-state index in [1.54, 1.807) is 0 Å². The molecule has 70 valence electrons. The van der Waals surface area contributed by atoms with Crippen LogP contribution in [0.5, 0.6) is 5.88 Å². The largest absolute Gasteiger partial charge is 0.495 e. The SMILES string of the molecule is CC.CC.O=c1cccc(O)[nH]1. The summed E-state index contributed by atoms with van der Waals surface area (Å²) >= 11 is 0. The predicted molar refractivity (Wildman–Crippen MR) is 51.4 cm³/mol. The first-order chi connectivity index (χ1) is 5.79. The molecule has 1 aromatic heterocycles. The van der Waals surface area contributed by atoms with Gasteiger partial charge < -0.3 is 5.11 Å². The van der Waals surface area contributed by atoms with Crippen molar-refractivity contribution >= 4 is 0 Å². The van der Waals surface area contributed by atoms with Crippen molar-refractivity contribution in [2.45, 2.75) is 27.7 Å². The number of rotatable bonds is 0. The van der Waals surface area contributed by atoms with Crippen LogP contribution in [-0.2, 0) is 0 Å². The minimum absolute atomic E-state index is 0.0995. The molecule has 1 aromatic rings. The van der Waals surface area contributed by atoms with E-state index in [0.717, 1.165) is 0 Å². The van der Waals surface area contributed by atoms with Crippen LogP contribution in [0.2, 0.25) is 0 Å². The molecule has 12 heavy (non-hydrogen) atoms. The molecule has 0 saturated heterocycles. The zero-order valence-electron chi connectivity index (χ0n) is 8.09. The van der Waals surface area contributed by atoms with Gasteiger partial charge in [0.25, 0.3) is 5.56 Å². The molecule has 0 unspecified atom stereocenters. The average Bonchev–Trinajstić information content (AvgIpc) is 2.11. The zero-order valence-corrected chi connectivity index (χ0v) is 8.09. The third kappa shape index (κ3) is 6.86. The number of aromatic hydroxyl groups is 1. The van der Waals surface area contributed by atoms with E-state index in [-0.39, 0.29) is 11.4 Å². The zero-order chi connectivity index (χ0) is 9.98. The first-order valence-corrected chi connectivity index (χ1v) is 4.17. The van der Waals surface area contributed by atoms with Crippen LogP contribution < -0.4 is 5.56 Å². The topological polar surface area (TPSA) is 53.1 Å². The highest BCUT2D eigenvalue weighted by Gasteiger charge is 1.81. The second-order valence-corrected chi connectivity index (χ2v) is 1.40. The molecule has 0 radical (unpaired) electrons. The number of hydrogen-bond donors (Lipinski definition) is 2. The summed E-state index contributed by atoms with van der Waals surface area (Å²) in [5, 5.41) is 8.56. The van der Waals surface area contributed by atoms with Gasteiger partial charge in [0.1, 0.15) is 0 Å². The first kappa shape index (κ1) is 13.3.